The molecule has 5 heteroatoms. The molecule has 32 heavy (non-hydrogen) atoms. The van der Waals surface area contributed by atoms with Gasteiger partial charge >= 0.3 is 0 Å². The lowest BCUT2D eigenvalue weighted by atomic mass is 9.89. The number of fused-ring (bicyclic) bond motifs is 1. The Morgan fingerprint density at radius 2 is 1.62 bits per heavy atom. The maximum Gasteiger partial charge on any atom is 0.258 e. The summed E-state index contributed by atoms with van der Waals surface area (Å²) >= 11 is 0. The van der Waals surface area contributed by atoms with Gasteiger partial charge in [0.15, 0.2) is 0 Å². The van der Waals surface area contributed by atoms with E-state index in [0.717, 1.165) is 23.4 Å². The molecule has 1 heterocycles. The molecular formula is C27H27FN2O2. The summed E-state index contributed by atoms with van der Waals surface area (Å²) in [6, 6.07) is 22.8. The lowest BCUT2D eigenvalue weighted by Gasteiger charge is -2.43. The molecule has 0 unspecified atom stereocenters. The summed E-state index contributed by atoms with van der Waals surface area (Å²) in [5.74, 6) is -0.472. The van der Waals surface area contributed by atoms with Crippen molar-refractivity contribution in [3.63, 3.8) is 0 Å². The minimum absolute atomic E-state index is 0.0732. The number of carbonyl (C=O) groups excluding carboxylic acids is 2. The van der Waals surface area contributed by atoms with Crippen LogP contribution in [-0.2, 0) is 4.79 Å². The van der Waals surface area contributed by atoms with Crippen molar-refractivity contribution in [3.05, 3.63) is 95.8 Å². The summed E-state index contributed by atoms with van der Waals surface area (Å²) in [6.45, 7) is 4.00. The Bertz CT molecular complexity index is 1100. The third kappa shape index (κ3) is 4.15. The topological polar surface area (TPSA) is 40.6 Å². The lowest BCUT2D eigenvalue weighted by Crippen LogP contribution is -2.47. The first-order chi connectivity index (χ1) is 15.5. The van der Waals surface area contributed by atoms with Gasteiger partial charge in [0.2, 0.25) is 5.91 Å². The Kier molecular flexibility index (Phi) is 6.35. The van der Waals surface area contributed by atoms with E-state index in [4.69, 9.17) is 0 Å². The number of amides is 2. The molecule has 4 nitrogen and oxygen atoms in total. The number of hydrogen-bond donors (Lipinski definition) is 0. The second-order valence-electron chi connectivity index (χ2n) is 8.19. The number of nitrogens with zero attached hydrogens (tertiary/aromatic N) is 2. The summed E-state index contributed by atoms with van der Waals surface area (Å²) < 4.78 is 13.4. The van der Waals surface area contributed by atoms with E-state index >= 15 is 0 Å². The second-order valence-corrected chi connectivity index (χ2v) is 8.19. The molecule has 0 saturated heterocycles. The third-order valence-electron chi connectivity index (χ3n) is 5.95. The van der Waals surface area contributed by atoms with Gasteiger partial charge in [-0.2, -0.15) is 0 Å². The molecule has 0 aromatic heterocycles. The molecule has 1 aliphatic heterocycles. The van der Waals surface area contributed by atoms with E-state index < -0.39 is 0 Å². The van der Waals surface area contributed by atoms with E-state index in [2.05, 4.69) is 0 Å². The molecule has 2 amide bonds. The fraction of sp³-hybridized carbons (Fsp3) is 0.259. The first kappa shape index (κ1) is 21.8. The minimum Gasteiger partial charge on any atom is -0.305 e. The largest absolute Gasteiger partial charge is 0.305 e. The van der Waals surface area contributed by atoms with Crippen LogP contribution in [0.5, 0.6) is 0 Å². The highest BCUT2D eigenvalue weighted by Gasteiger charge is 2.38. The number of benzene rings is 3. The highest BCUT2D eigenvalue weighted by atomic mass is 19.1. The Morgan fingerprint density at radius 3 is 2.31 bits per heavy atom. The zero-order valence-electron chi connectivity index (χ0n) is 18.4. The molecule has 0 fully saturated rings. The van der Waals surface area contributed by atoms with E-state index in [1.54, 1.807) is 4.90 Å². The van der Waals surface area contributed by atoms with Crippen molar-refractivity contribution in [2.24, 2.45) is 0 Å². The zero-order chi connectivity index (χ0) is 22.7. The number of para-hydroxylation sites is 2. The predicted molar refractivity (Wildman–Crippen MR) is 125 cm³/mol. The van der Waals surface area contributed by atoms with E-state index in [1.165, 1.54) is 24.3 Å². The Hall–Kier alpha value is -3.47. The molecule has 0 aliphatic carbocycles. The summed E-state index contributed by atoms with van der Waals surface area (Å²) in [4.78, 5) is 30.3. The van der Waals surface area contributed by atoms with Crippen molar-refractivity contribution in [2.75, 3.05) is 9.80 Å². The molecule has 164 valence electrons. The SMILES string of the molecule is CCCC(=O)N(c1ccccc1)[C@H]1C[C@@H](C)N(C(=O)c2ccc(F)cc2)c2ccccc21. The zero-order valence-corrected chi connectivity index (χ0v) is 18.4. The van der Waals surface area contributed by atoms with Gasteiger partial charge in [0.1, 0.15) is 5.82 Å². The number of rotatable bonds is 5. The van der Waals surface area contributed by atoms with Crippen molar-refractivity contribution in [1.82, 2.24) is 0 Å². The molecule has 0 spiro atoms. The van der Waals surface area contributed by atoms with Crippen LogP contribution in [0, 0.1) is 5.82 Å². The molecule has 3 aromatic carbocycles. The van der Waals surface area contributed by atoms with Gasteiger partial charge in [-0.3, -0.25) is 9.59 Å². The second kappa shape index (κ2) is 9.35. The van der Waals surface area contributed by atoms with Crippen LogP contribution in [0.2, 0.25) is 0 Å². The summed E-state index contributed by atoms with van der Waals surface area (Å²) in [7, 11) is 0. The quantitative estimate of drug-likeness (QED) is 0.488. The number of hydrogen-bond acceptors (Lipinski definition) is 2. The van der Waals surface area contributed by atoms with Crippen LogP contribution in [0.4, 0.5) is 15.8 Å². The Morgan fingerprint density at radius 1 is 0.969 bits per heavy atom. The minimum atomic E-state index is -0.373. The van der Waals surface area contributed by atoms with Gasteiger partial charge < -0.3 is 9.80 Å². The van der Waals surface area contributed by atoms with Crippen molar-refractivity contribution in [3.8, 4) is 0 Å². The summed E-state index contributed by atoms with van der Waals surface area (Å²) in [6.07, 6.45) is 1.83. The Labute approximate surface area is 188 Å². The van der Waals surface area contributed by atoms with Gasteiger partial charge in [-0.15, -0.1) is 0 Å². The van der Waals surface area contributed by atoms with E-state index in [0.29, 0.717) is 18.4 Å². The molecule has 4 rings (SSSR count). The van der Waals surface area contributed by atoms with Crippen molar-refractivity contribution < 1.29 is 14.0 Å². The van der Waals surface area contributed by atoms with E-state index in [-0.39, 0.29) is 29.7 Å². The van der Waals surface area contributed by atoms with E-state index in [1.807, 2.05) is 73.3 Å². The Balaban J connectivity index is 1.77. The molecule has 2 atom stereocenters. The maximum atomic E-state index is 13.4. The highest BCUT2D eigenvalue weighted by molar-refractivity contribution is 6.07. The molecular weight excluding hydrogens is 403 g/mol. The normalized spacial score (nSPS) is 17.5. The molecule has 0 radical (unpaired) electrons. The van der Waals surface area contributed by atoms with Crippen LogP contribution in [0.15, 0.2) is 78.9 Å². The number of halogens is 1. The van der Waals surface area contributed by atoms with Crippen LogP contribution < -0.4 is 9.80 Å². The average molecular weight is 431 g/mol. The van der Waals surface area contributed by atoms with Crippen molar-refractivity contribution >= 4 is 23.2 Å². The summed E-state index contributed by atoms with van der Waals surface area (Å²) in [5, 5.41) is 0. The standard InChI is InChI=1S/C27H27FN2O2/c1-3-9-26(31)30(22-10-5-4-6-11-22)25-18-19(2)29(24-13-8-7-12-23(24)25)27(32)20-14-16-21(28)17-15-20/h4-8,10-17,19,25H,3,9,18H2,1-2H3/t19-,25+/m1/s1. The molecule has 1 aliphatic rings. The van der Waals surface area contributed by atoms with Gasteiger partial charge in [0.05, 0.1) is 6.04 Å². The predicted octanol–water partition coefficient (Wildman–Crippen LogP) is 6.14. The van der Waals surface area contributed by atoms with Crippen LogP contribution in [0.25, 0.3) is 0 Å². The molecule has 0 saturated carbocycles. The fourth-order valence-corrected chi connectivity index (χ4v) is 4.49. The van der Waals surface area contributed by atoms with Crippen molar-refractivity contribution in [2.45, 2.75) is 45.2 Å². The maximum absolute atomic E-state index is 13.4. The monoisotopic (exact) mass is 430 g/mol. The smallest absolute Gasteiger partial charge is 0.258 e. The van der Waals surface area contributed by atoms with Crippen LogP contribution >= 0.6 is 0 Å². The first-order valence-corrected chi connectivity index (χ1v) is 11.1. The lowest BCUT2D eigenvalue weighted by molar-refractivity contribution is -0.119. The summed E-state index contributed by atoms with van der Waals surface area (Å²) in [5.41, 5.74) is 3.02. The van der Waals surface area contributed by atoms with Gasteiger partial charge in [0.25, 0.3) is 5.91 Å². The highest BCUT2D eigenvalue weighted by Crippen LogP contribution is 2.43. The van der Waals surface area contributed by atoms with Crippen LogP contribution in [-0.4, -0.2) is 17.9 Å². The van der Waals surface area contributed by atoms with Gasteiger partial charge in [-0.05, 0) is 67.8 Å². The molecule has 0 bridgehead atoms. The number of anilines is 2. The molecule has 0 N–H and O–H groups in total. The van der Waals surface area contributed by atoms with E-state index in [9.17, 15) is 14.0 Å². The van der Waals surface area contributed by atoms with Crippen LogP contribution in [0.1, 0.15) is 55.1 Å². The van der Waals surface area contributed by atoms with Gasteiger partial charge in [-0.25, -0.2) is 4.39 Å². The molecule has 3 aromatic rings. The van der Waals surface area contributed by atoms with Crippen molar-refractivity contribution in [1.29, 1.82) is 0 Å². The fourth-order valence-electron chi connectivity index (χ4n) is 4.49. The average Bonchev–Trinajstić information content (AvgIpc) is 2.80. The third-order valence-corrected chi connectivity index (χ3v) is 5.95. The first-order valence-electron chi connectivity index (χ1n) is 11.1. The van der Waals surface area contributed by atoms with Gasteiger partial charge in [0, 0.05) is 29.4 Å². The van der Waals surface area contributed by atoms with Gasteiger partial charge in [-0.1, -0.05) is 43.3 Å². The number of carbonyl (C=O) groups is 2. The van der Waals surface area contributed by atoms with Crippen LogP contribution in [0.3, 0.4) is 0 Å².